The first kappa shape index (κ1) is 20.7. The molecule has 8 nitrogen and oxygen atoms in total. The number of rotatable bonds is 6. The number of hydrogen-bond acceptors (Lipinski definition) is 7. The summed E-state index contributed by atoms with van der Waals surface area (Å²) in [6.07, 6.45) is 3.06. The number of aromatic nitrogens is 4. The van der Waals surface area contributed by atoms with Crippen molar-refractivity contribution < 1.29 is 14.2 Å². The van der Waals surface area contributed by atoms with E-state index in [1.54, 1.807) is 6.07 Å². The molecule has 0 saturated carbocycles. The number of pyridine rings is 2. The maximum Gasteiger partial charge on any atom is 0.187 e. The van der Waals surface area contributed by atoms with Crippen LogP contribution < -0.4 is 10.5 Å². The SMILES string of the molecule is C[C@@H](c1ccc2nnc(-c3ccc4cc(F)c(OCCO)cc4n3)n2c1)N1CC[C@H](N)C1. The molecule has 1 aliphatic rings. The second-order valence-corrected chi connectivity index (χ2v) is 8.18. The van der Waals surface area contributed by atoms with Crippen LogP contribution in [0.5, 0.6) is 5.75 Å². The number of halogens is 1. The summed E-state index contributed by atoms with van der Waals surface area (Å²) in [5.41, 5.74) is 9.16. The quantitative estimate of drug-likeness (QED) is 0.479. The van der Waals surface area contributed by atoms with Crippen molar-refractivity contribution in [2.75, 3.05) is 26.3 Å². The smallest absolute Gasteiger partial charge is 0.187 e. The predicted molar refractivity (Wildman–Crippen MR) is 119 cm³/mol. The number of hydrogen-bond donors (Lipinski definition) is 2. The number of nitrogens with zero attached hydrogens (tertiary/aromatic N) is 5. The van der Waals surface area contributed by atoms with Crippen LogP contribution in [0.3, 0.4) is 0 Å². The molecule has 4 heterocycles. The van der Waals surface area contributed by atoms with E-state index >= 15 is 0 Å². The molecule has 166 valence electrons. The molecule has 0 radical (unpaired) electrons. The average molecular weight is 436 g/mol. The summed E-state index contributed by atoms with van der Waals surface area (Å²) in [6.45, 7) is 3.87. The fourth-order valence-electron chi connectivity index (χ4n) is 4.22. The average Bonchev–Trinajstić information content (AvgIpc) is 3.42. The highest BCUT2D eigenvalue weighted by molar-refractivity contribution is 5.82. The molecular weight excluding hydrogens is 411 g/mol. The largest absolute Gasteiger partial charge is 0.488 e. The Balaban J connectivity index is 1.52. The van der Waals surface area contributed by atoms with E-state index in [1.807, 2.05) is 22.7 Å². The molecule has 0 aliphatic carbocycles. The highest BCUT2D eigenvalue weighted by atomic mass is 19.1. The molecule has 1 aliphatic heterocycles. The van der Waals surface area contributed by atoms with Gasteiger partial charge in [0.05, 0.1) is 12.1 Å². The first-order valence-electron chi connectivity index (χ1n) is 10.7. The molecule has 0 unspecified atom stereocenters. The van der Waals surface area contributed by atoms with Crippen molar-refractivity contribution in [2.45, 2.75) is 25.4 Å². The topological polar surface area (TPSA) is 102 Å². The number of nitrogens with two attached hydrogens (primary N) is 1. The van der Waals surface area contributed by atoms with Gasteiger partial charge < -0.3 is 15.6 Å². The third-order valence-corrected chi connectivity index (χ3v) is 6.03. The number of likely N-dealkylation sites (tertiary alicyclic amines) is 1. The van der Waals surface area contributed by atoms with E-state index in [9.17, 15) is 4.39 Å². The lowest BCUT2D eigenvalue weighted by atomic mass is 10.1. The molecule has 2 atom stereocenters. The van der Waals surface area contributed by atoms with Crippen LogP contribution in [0.25, 0.3) is 28.1 Å². The zero-order valence-corrected chi connectivity index (χ0v) is 17.8. The Labute approximate surface area is 184 Å². The van der Waals surface area contributed by atoms with Gasteiger partial charge in [-0.05, 0) is 37.1 Å². The number of fused-ring (bicyclic) bond motifs is 2. The molecule has 1 aromatic carbocycles. The second-order valence-electron chi connectivity index (χ2n) is 8.18. The van der Waals surface area contributed by atoms with Gasteiger partial charge in [-0.2, -0.15) is 0 Å². The van der Waals surface area contributed by atoms with Crippen LogP contribution in [0.15, 0.2) is 42.6 Å². The molecule has 1 saturated heterocycles. The van der Waals surface area contributed by atoms with Gasteiger partial charge in [-0.3, -0.25) is 9.30 Å². The standard InChI is InChI=1S/C23H25FN6O2/c1-14(29-7-6-17(25)13-29)16-3-5-22-27-28-23(30(22)12-16)19-4-2-15-10-18(24)21(32-9-8-31)11-20(15)26-19/h2-5,10-12,14,17,31H,6-9,13,25H2,1H3/t14-,17-/m0/s1. The summed E-state index contributed by atoms with van der Waals surface area (Å²) in [4.78, 5) is 7.06. The molecule has 0 spiro atoms. The normalized spacial score (nSPS) is 17.9. The van der Waals surface area contributed by atoms with Crippen molar-refractivity contribution in [1.82, 2.24) is 24.5 Å². The zero-order chi connectivity index (χ0) is 22.2. The van der Waals surface area contributed by atoms with E-state index < -0.39 is 5.82 Å². The third kappa shape index (κ3) is 3.79. The minimum absolute atomic E-state index is 0.0137. The maximum absolute atomic E-state index is 14.2. The number of aliphatic hydroxyl groups excluding tert-OH is 1. The molecule has 0 bridgehead atoms. The Bertz CT molecular complexity index is 1280. The van der Waals surface area contributed by atoms with Crippen LogP contribution in [-0.2, 0) is 0 Å². The molecule has 3 aromatic heterocycles. The van der Waals surface area contributed by atoms with Gasteiger partial charge in [0.1, 0.15) is 12.3 Å². The lowest BCUT2D eigenvalue weighted by molar-refractivity contribution is 0.196. The van der Waals surface area contributed by atoms with Gasteiger partial charge >= 0.3 is 0 Å². The van der Waals surface area contributed by atoms with Crippen molar-refractivity contribution >= 4 is 16.6 Å². The van der Waals surface area contributed by atoms with E-state index in [2.05, 4.69) is 33.1 Å². The Hall–Kier alpha value is -3.14. The van der Waals surface area contributed by atoms with E-state index in [4.69, 9.17) is 15.6 Å². The van der Waals surface area contributed by atoms with Crippen LogP contribution in [-0.4, -0.2) is 61.9 Å². The van der Waals surface area contributed by atoms with Crippen molar-refractivity contribution in [2.24, 2.45) is 5.73 Å². The van der Waals surface area contributed by atoms with Crippen molar-refractivity contribution in [3.05, 3.63) is 54.0 Å². The molecule has 32 heavy (non-hydrogen) atoms. The Morgan fingerprint density at radius 2 is 2.12 bits per heavy atom. The van der Waals surface area contributed by atoms with Gasteiger partial charge in [0, 0.05) is 42.8 Å². The first-order valence-corrected chi connectivity index (χ1v) is 10.7. The van der Waals surface area contributed by atoms with Gasteiger partial charge in [-0.25, -0.2) is 9.37 Å². The van der Waals surface area contributed by atoms with Gasteiger partial charge in [-0.1, -0.05) is 12.1 Å². The van der Waals surface area contributed by atoms with E-state index in [-0.39, 0.29) is 31.0 Å². The summed E-state index contributed by atoms with van der Waals surface area (Å²) in [5.74, 6) is 0.173. The summed E-state index contributed by atoms with van der Waals surface area (Å²) in [6, 6.07) is 11.0. The van der Waals surface area contributed by atoms with Gasteiger partial charge in [0.15, 0.2) is 23.0 Å². The minimum atomic E-state index is -0.492. The Morgan fingerprint density at radius 1 is 1.25 bits per heavy atom. The van der Waals surface area contributed by atoms with E-state index in [1.165, 1.54) is 12.1 Å². The molecule has 3 N–H and O–H groups in total. The molecule has 4 aromatic rings. The number of ether oxygens (including phenoxy) is 1. The molecule has 1 fully saturated rings. The second kappa shape index (κ2) is 8.42. The van der Waals surface area contributed by atoms with Crippen molar-refractivity contribution in [1.29, 1.82) is 0 Å². The van der Waals surface area contributed by atoms with Gasteiger partial charge in [-0.15, -0.1) is 10.2 Å². The summed E-state index contributed by atoms with van der Waals surface area (Å²) in [5, 5.41) is 18.2. The van der Waals surface area contributed by atoms with Crippen molar-refractivity contribution in [3.8, 4) is 17.3 Å². The zero-order valence-electron chi connectivity index (χ0n) is 17.8. The fourth-order valence-corrected chi connectivity index (χ4v) is 4.22. The molecule has 0 amide bonds. The predicted octanol–water partition coefficient (Wildman–Crippen LogP) is 2.55. The van der Waals surface area contributed by atoms with E-state index in [0.29, 0.717) is 22.4 Å². The first-order chi connectivity index (χ1) is 15.5. The monoisotopic (exact) mass is 436 g/mol. The molecule has 9 heteroatoms. The van der Waals surface area contributed by atoms with Gasteiger partial charge in [0.25, 0.3) is 0 Å². The Morgan fingerprint density at radius 3 is 2.91 bits per heavy atom. The van der Waals surface area contributed by atoms with Gasteiger partial charge in [0.2, 0.25) is 0 Å². The number of aliphatic hydroxyl groups is 1. The minimum Gasteiger partial charge on any atom is -0.488 e. The van der Waals surface area contributed by atoms with Crippen LogP contribution in [0.4, 0.5) is 4.39 Å². The highest BCUT2D eigenvalue weighted by Gasteiger charge is 2.25. The summed E-state index contributed by atoms with van der Waals surface area (Å²) in [7, 11) is 0. The lowest BCUT2D eigenvalue weighted by Crippen LogP contribution is -2.28. The third-order valence-electron chi connectivity index (χ3n) is 6.03. The van der Waals surface area contributed by atoms with Crippen LogP contribution >= 0.6 is 0 Å². The summed E-state index contributed by atoms with van der Waals surface area (Å²) >= 11 is 0. The van der Waals surface area contributed by atoms with Crippen molar-refractivity contribution in [3.63, 3.8) is 0 Å². The van der Waals surface area contributed by atoms with Crippen LogP contribution in [0, 0.1) is 5.82 Å². The van der Waals surface area contributed by atoms with Crippen LogP contribution in [0.1, 0.15) is 24.9 Å². The summed E-state index contributed by atoms with van der Waals surface area (Å²) < 4.78 is 21.4. The van der Waals surface area contributed by atoms with E-state index in [0.717, 1.165) is 30.7 Å². The Kier molecular flexibility index (Phi) is 5.46. The molecule has 5 rings (SSSR count). The lowest BCUT2D eigenvalue weighted by Gasteiger charge is -2.24. The maximum atomic E-state index is 14.2. The number of benzene rings is 1. The molecular formula is C23H25FN6O2. The fraction of sp³-hybridized carbons (Fsp3) is 0.348. The van der Waals surface area contributed by atoms with Crippen LogP contribution in [0.2, 0.25) is 0 Å². The highest BCUT2D eigenvalue weighted by Crippen LogP contribution is 2.28.